The van der Waals surface area contributed by atoms with E-state index in [1.807, 2.05) is 6.92 Å². The number of ether oxygens (including phenoxy) is 2. The minimum absolute atomic E-state index is 0.178. The number of hydrogen-bond donors (Lipinski definition) is 2. The minimum atomic E-state index is -2.29. The number of nitrogens with one attached hydrogen (secondary N) is 1. The van der Waals surface area contributed by atoms with Crippen LogP contribution in [0.15, 0.2) is 15.8 Å². The van der Waals surface area contributed by atoms with Crippen molar-refractivity contribution in [1.29, 1.82) is 0 Å². The van der Waals surface area contributed by atoms with Gasteiger partial charge in [-0.05, 0) is 26.2 Å². The minimum Gasteiger partial charge on any atom is -0.387 e. The SMILES string of the molecule is CO[C@@H]1[C@H](O)[C@@H]([C@H](C)CP(C)(C)=O)O[C@H]1n1cc(C)c(=O)[nH]c1=O. The molecule has 1 aliphatic rings. The molecular formula is C15H25N2O6P. The van der Waals surface area contributed by atoms with E-state index < -0.39 is 42.9 Å². The molecule has 2 rings (SSSR count). The lowest BCUT2D eigenvalue weighted by atomic mass is 10.00. The van der Waals surface area contributed by atoms with E-state index in [4.69, 9.17) is 9.47 Å². The normalized spacial score (nSPS) is 28.9. The Morgan fingerprint density at radius 2 is 2.08 bits per heavy atom. The Morgan fingerprint density at radius 3 is 2.62 bits per heavy atom. The second-order valence-electron chi connectivity index (χ2n) is 6.89. The maximum absolute atomic E-state index is 12.1. The summed E-state index contributed by atoms with van der Waals surface area (Å²) < 4.78 is 24.5. The molecule has 24 heavy (non-hydrogen) atoms. The number of aromatic nitrogens is 2. The molecule has 0 bridgehead atoms. The molecule has 0 aromatic carbocycles. The summed E-state index contributed by atoms with van der Waals surface area (Å²) in [5, 5.41) is 10.5. The molecule has 0 spiro atoms. The van der Waals surface area contributed by atoms with Crippen LogP contribution in [-0.4, -0.2) is 59.6 Å². The van der Waals surface area contributed by atoms with Crippen LogP contribution in [0.4, 0.5) is 0 Å². The lowest BCUT2D eigenvalue weighted by Gasteiger charge is -2.23. The Bertz CT molecular complexity index is 751. The highest BCUT2D eigenvalue weighted by Crippen LogP contribution is 2.42. The lowest BCUT2D eigenvalue weighted by molar-refractivity contribution is -0.0615. The standard InChI is InChI=1S/C15H25N2O6P/c1-8-6-17(15(20)16-13(8)19)14-12(22-3)10(18)11(23-14)9(2)7-24(4,5)21/h6,9-12,14,18H,7H2,1-5H3,(H,16,19,20)/t9-,10-,11-,12-,14-/m1/s1. The predicted octanol–water partition coefficient (Wildman–Crippen LogP) is 0.377. The summed E-state index contributed by atoms with van der Waals surface area (Å²) in [6, 6.07) is 0. The zero-order valence-corrected chi connectivity index (χ0v) is 15.4. The van der Waals surface area contributed by atoms with Gasteiger partial charge in [0.05, 0.1) is 13.2 Å². The molecule has 8 nitrogen and oxygen atoms in total. The van der Waals surface area contributed by atoms with Crippen LogP contribution in [-0.2, 0) is 14.0 Å². The average Bonchev–Trinajstić information content (AvgIpc) is 2.77. The van der Waals surface area contributed by atoms with Crippen molar-refractivity contribution < 1.29 is 19.1 Å². The zero-order valence-electron chi connectivity index (χ0n) is 14.6. The third kappa shape index (κ3) is 3.88. The number of H-pyrrole nitrogens is 1. The summed E-state index contributed by atoms with van der Waals surface area (Å²) in [4.78, 5) is 25.8. The molecule has 0 amide bonds. The van der Waals surface area contributed by atoms with E-state index in [-0.39, 0.29) is 5.92 Å². The van der Waals surface area contributed by atoms with Crippen molar-refractivity contribution in [3.05, 3.63) is 32.6 Å². The van der Waals surface area contributed by atoms with Gasteiger partial charge in [-0.1, -0.05) is 6.92 Å². The molecule has 1 fully saturated rings. The van der Waals surface area contributed by atoms with Crippen molar-refractivity contribution in [3.63, 3.8) is 0 Å². The van der Waals surface area contributed by atoms with Crippen LogP contribution in [0, 0.1) is 12.8 Å². The van der Waals surface area contributed by atoms with Crippen molar-refractivity contribution in [2.75, 3.05) is 26.6 Å². The molecule has 5 atom stereocenters. The summed E-state index contributed by atoms with van der Waals surface area (Å²) in [5.41, 5.74) is -0.743. The molecule has 136 valence electrons. The van der Waals surface area contributed by atoms with Gasteiger partial charge in [0.2, 0.25) is 0 Å². The van der Waals surface area contributed by atoms with Crippen LogP contribution in [0.25, 0.3) is 0 Å². The number of aliphatic hydroxyl groups is 1. The number of hydrogen-bond acceptors (Lipinski definition) is 6. The lowest BCUT2D eigenvalue weighted by Crippen LogP contribution is -2.39. The van der Waals surface area contributed by atoms with Gasteiger partial charge in [0.1, 0.15) is 12.2 Å². The second kappa shape index (κ2) is 6.96. The summed E-state index contributed by atoms with van der Waals surface area (Å²) in [6.45, 7) is 6.80. The number of aliphatic hydroxyl groups excluding tert-OH is 1. The van der Waals surface area contributed by atoms with Crippen molar-refractivity contribution in [1.82, 2.24) is 9.55 Å². The number of nitrogens with zero attached hydrogens (tertiary/aromatic N) is 1. The summed E-state index contributed by atoms with van der Waals surface area (Å²) in [7, 11) is -0.871. The first-order valence-electron chi connectivity index (χ1n) is 7.77. The molecular weight excluding hydrogens is 335 g/mol. The Kier molecular flexibility index (Phi) is 5.54. The van der Waals surface area contributed by atoms with E-state index in [1.165, 1.54) is 17.9 Å². The maximum atomic E-state index is 12.1. The van der Waals surface area contributed by atoms with Crippen LogP contribution in [0.2, 0.25) is 0 Å². The van der Waals surface area contributed by atoms with Crippen molar-refractivity contribution in [2.24, 2.45) is 5.92 Å². The summed E-state index contributed by atoms with van der Waals surface area (Å²) in [6.07, 6.45) is -1.42. The Balaban J connectivity index is 2.35. The van der Waals surface area contributed by atoms with Gasteiger partial charge in [0, 0.05) is 25.0 Å². The smallest absolute Gasteiger partial charge is 0.330 e. The number of aryl methyl sites for hydroxylation is 1. The highest BCUT2D eigenvalue weighted by Gasteiger charge is 2.47. The zero-order chi connectivity index (χ0) is 18.2. The van der Waals surface area contributed by atoms with Gasteiger partial charge in [-0.2, -0.15) is 0 Å². The maximum Gasteiger partial charge on any atom is 0.330 e. The summed E-state index contributed by atoms with van der Waals surface area (Å²) in [5.74, 6) is -0.178. The van der Waals surface area contributed by atoms with Gasteiger partial charge in [0.25, 0.3) is 5.56 Å². The second-order valence-corrected chi connectivity index (χ2v) is 10.4. The van der Waals surface area contributed by atoms with E-state index in [0.29, 0.717) is 11.7 Å². The molecule has 1 aromatic rings. The van der Waals surface area contributed by atoms with E-state index in [2.05, 4.69) is 4.98 Å². The van der Waals surface area contributed by atoms with Gasteiger partial charge in [0.15, 0.2) is 6.23 Å². The molecule has 1 aromatic heterocycles. The van der Waals surface area contributed by atoms with Gasteiger partial charge >= 0.3 is 5.69 Å². The van der Waals surface area contributed by atoms with Crippen LogP contribution < -0.4 is 11.2 Å². The third-order valence-corrected chi connectivity index (χ3v) is 5.69. The van der Waals surface area contributed by atoms with Gasteiger partial charge in [-0.3, -0.25) is 14.3 Å². The Hall–Kier alpha value is -1.21. The molecule has 9 heteroatoms. The van der Waals surface area contributed by atoms with Crippen LogP contribution in [0.5, 0.6) is 0 Å². The van der Waals surface area contributed by atoms with Crippen molar-refractivity contribution in [2.45, 2.75) is 38.4 Å². The predicted molar refractivity (Wildman–Crippen MR) is 90.3 cm³/mol. The third-order valence-electron chi connectivity index (χ3n) is 4.23. The fourth-order valence-corrected chi connectivity index (χ4v) is 4.79. The van der Waals surface area contributed by atoms with Crippen LogP contribution >= 0.6 is 7.14 Å². The number of methoxy groups -OCH3 is 1. The van der Waals surface area contributed by atoms with Gasteiger partial charge in [-0.25, -0.2) is 4.79 Å². The van der Waals surface area contributed by atoms with E-state index in [9.17, 15) is 19.3 Å². The van der Waals surface area contributed by atoms with Crippen LogP contribution in [0.1, 0.15) is 18.7 Å². The van der Waals surface area contributed by atoms with E-state index in [1.54, 1.807) is 20.3 Å². The largest absolute Gasteiger partial charge is 0.387 e. The highest BCUT2D eigenvalue weighted by molar-refractivity contribution is 7.62. The number of aromatic amines is 1. The first kappa shape index (κ1) is 19.1. The molecule has 0 radical (unpaired) electrons. The molecule has 0 saturated carbocycles. The van der Waals surface area contributed by atoms with Crippen molar-refractivity contribution >= 4 is 7.14 Å². The Labute approximate surface area is 140 Å². The molecule has 0 aliphatic carbocycles. The Morgan fingerprint density at radius 1 is 1.46 bits per heavy atom. The molecule has 0 unspecified atom stereocenters. The number of rotatable bonds is 5. The molecule has 1 saturated heterocycles. The first-order chi connectivity index (χ1) is 11.0. The highest BCUT2D eigenvalue weighted by atomic mass is 31.2. The quantitative estimate of drug-likeness (QED) is 0.735. The summed E-state index contributed by atoms with van der Waals surface area (Å²) >= 11 is 0. The molecule has 2 heterocycles. The fourth-order valence-electron chi connectivity index (χ4n) is 3.20. The first-order valence-corrected chi connectivity index (χ1v) is 10.6. The average molecular weight is 360 g/mol. The fraction of sp³-hybridized carbons (Fsp3) is 0.733. The van der Waals surface area contributed by atoms with E-state index >= 15 is 0 Å². The van der Waals surface area contributed by atoms with Crippen molar-refractivity contribution in [3.8, 4) is 0 Å². The molecule has 1 aliphatic heterocycles. The van der Waals surface area contributed by atoms with Gasteiger partial charge < -0.3 is 19.1 Å². The van der Waals surface area contributed by atoms with Crippen LogP contribution in [0.3, 0.4) is 0 Å². The molecule has 2 N–H and O–H groups in total. The van der Waals surface area contributed by atoms with E-state index in [0.717, 1.165) is 0 Å². The monoisotopic (exact) mass is 360 g/mol. The van der Waals surface area contributed by atoms with Gasteiger partial charge in [-0.15, -0.1) is 0 Å². The topological polar surface area (TPSA) is 111 Å².